The lowest BCUT2D eigenvalue weighted by Gasteiger charge is -2.34. The molecule has 1 heterocycles. The quantitative estimate of drug-likeness (QED) is 0.842. The lowest BCUT2D eigenvalue weighted by Crippen LogP contribution is -2.48. The first-order valence-corrected chi connectivity index (χ1v) is 9.47. The Balaban J connectivity index is 1.99. The molecule has 2 amide bonds. The van der Waals surface area contributed by atoms with Gasteiger partial charge in [0.1, 0.15) is 5.82 Å². The van der Waals surface area contributed by atoms with Crippen LogP contribution in [-0.4, -0.2) is 54.3 Å². The van der Waals surface area contributed by atoms with E-state index >= 15 is 0 Å². The van der Waals surface area contributed by atoms with E-state index in [4.69, 9.17) is 5.73 Å². The van der Waals surface area contributed by atoms with Crippen LogP contribution >= 0.6 is 0 Å². The molecule has 0 bridgehead atoms. The molecule has 1 aromatic carbocycles. The molecule has 1 saturated heterocycles. The van der Waals surface area contributed by atoms with Crippen LogP contribution in [0.25, 0.3) is 0 Å². The lowest BCUT2D eigenvalue weighted by atomic mass is 9.81. The number of amides is 2. The number of carbonyl (C=O) groups excluding carboxylic acids is 2. The van der Waals surface area contributed by atoms with Gasteiger partial charge in [0.25, 0.3) is 0 Å². The smallest absolute Gasteiger partial charge is 0.230 e. The maximum Gasteiger partial charge on any atom is 0.230 e. The van der Waals surface area contributed by atoms with Gasteiger partial charge in [-0.3, -0.25) is 9.59 Å². The summed E-state index contributed by atoms with van der Waals surface area (Å²) in [4.78, 5) is 29.2. The zero-order valence-corrected chi connectivity index (χ0v) is 15.8. The molecule has 0 saturated carbocycles. The second-order valence-electron chi connectivity index (χ2n) is 7.02. The molecular weight excluding hydrogens is 333 g/mol. The Labute approximate surface area is 155 Å². The molecule has 5 nitrogen and oxygen atoms in total. The summed E-state index contributed by atoms with van der Waals surface area (Å²) < 4.78 is 13.3. The molecule has 0 spiro atoms. The molecule has 2 N–H and O–H groups in total. The van der Waals surface area contributed by atoms with Gasteiger partial charge < -0.3 is 15.5 Å². The highest BCUT2D eigenvalue weighted by molar-refractivity contribution is 5.83. The van der Waals surface area contributed by atoms with Crippen LogP contribution in [0.4, 0.5) is 4.39 Å². The van der Waals surface area contributed by atoms with Crippen LogP contribution in [0.15, 0.2) is 24.3 Å². The summed E-state index contributed by atoms with van der Waals surface area (Å²) in [6, 6.07) is 6.13. The molecule has 2 rings (SSSR count). The van der Waals surface area contributed by atoms with Crippen molar-refractivity contribution in [3.8, 4) is 0 Å². The Bertz CT molecular complexity index is 623. The monoisotopic (exact) mass is 363 g/mol. The molecule has 26 heavy (non-hydrogen) atoms. The summed E-state index contributed by atoms with van der Waals surface area (Å²) in [6.45, 7) is 6.64. The number of benzene rings is 1. The normalized spacial score (nSPS) is 15.7. The highest BCUT2D eigenvalue weighted by Gasteiger charge is 2.37. The van der Waals surface area contributed by atoms with Gasteiger partial charge in [0, 0.05) is 32.7 Å². The topological polar surface area (TPSA) is 66.6 Å². The van der Waals surface area contributed by atoms with Gasteiger partial charge in [0.15, 0.2) is 0 Å². The Morgan fingerprint density at radius 2 is 1.77 bits per heavy atom. The number of rotatable bonds is 6. The molecule has 0 aromatic heterocycles. The van der Waals surface area contributed by atoms with E-state index in [9.17, 15) is 14.0 Å². The van der Waals surface area contributed by atoms with E-state index in [1.54, 1.807) is 17.0 Å². The van der Waals surface area contributed by atoms with Crippen molar-refractivity contribution in [3.05, 3.63) is 35.6 Å². The number of nitrogens with two attached hydrogens (primary N) is 1. The van der Waals surface area contributed by atoms with Gasteiger partial charge in [0.05, 0.1) is 11.8 Å². The van der Waals surface area contributed by atoms with Gasteiger partial charge in [-0.05, 0) is 37.0 Å². The summed E-state index contributed by atoms with van der Waals surface area (Å²) in [6.07, 6.45) is 2.37. The Morgan fingerprint density at radius 3 is 2.38 bits per heavy atom. The van der Waals surface area contributed by atoms with E-state index in [0.717, 1.165) is 19.3 Å². The van der Waals surface area contributed by atoms with Crippen LogP contribution in [0.5, 0.6) is 0 Å². The van der Waals surface area contributed by atoms with Crippen molar-refractivity contribution in [2.75, 3.05) is 32.7 Å². The van der Waals surface area contributed by atoms with Gasteiger partial charge in [-0.1, -0.05) is 26.0 Å². The van der Waals surface area contributed by atoms with E-state index in [1.165, 1.54) is 12.1 Å². The molecule has 1 aromatic rings. The van der Waals surface area contributed by atoms with E-state index in [2.05, 4.69) is 0 Å². The first kappa shape index (κ1) is 20.4. The highest BCUT2D eigenvalue weighted by atomic mass is 19.1. The molecule has 1 aliphatic heterocycles. The summed E-state index contributed by atoms with van der Waals surface area (Å²) in [5.41, 5.74) is 6.08. The average molecular weight is 363 g/mol. The van der Waals surface area contributed by atoms with Crippen LogP contribution in [0, 0.1) is 11.2 Å². The summed E-state index contributed by atoms with van der Waals surface area (Å²) in [5.74, 6) is -0.259. The molecular formula is C20H30FN3O2. The van der Waals surface area contributed by atoms with Crippen molar-refractivity contribution in [2.45, 2.75) is 39.5 Å². The predicted octanol–water partition coefficient (Wildman–Crippen LogP) is 2.19. The fourth-order valence-electron chi connectivity index (χ4n) is 3.57. The van der Waals surface area contributed by atoms with Crippen molar-refractivity contribution < 1.29 is 14.0 Å². The van der Waals surface area contributed by atoms with Crippen molar-refractivity contribution >= 4 is 11.8 Å². The number of halogens is 1. The Morgan fingerprint density at radius 1 is 1.12 bits per heavy atom. The predicted molar refractivity (Wildman–Crippen MR) is 100.0 cm³/mol. The van der Waals surface area contributed by atoms with Gasteiger partial charge in [-0.2, -0.15) is 0 Å². The van der Waals surface area contributed by atoms with E-state index in [0.29, 0.717) is 38.3 Å². The molecule has 0 unspecified atom stereocenters. The third-order valence-electron chi connectivity index (χ3n) is 5.58. The molecule has 0 atom stereocenters. The van der Waals surface area contributed by atoms with Crippen LogP contribution in [0.3, 0.4) is 0 Å². The van der Waals surface area contributed by atoms with Gasteiger partial charge in [-0.15, -0.1) is 0 Å². The summed E-state index contributed by atoms with van der Waals surface area (Å²) in [5, 5.41) is 0. The van der Waals surface area contributed by atoms with Crippen LogP contribution in [-0.2, 0) is 16.0 Å². The van der Waals surface area contributed by atoms with Gasteiger partial charge in [-0.25, -0.2) is 4.39 Å². The van der Waals surface area contributed by atoms with Crippen LogP contribution in [0.2, 0.25) is 0 Å². The molecule has 6 heteroatoms. The largest absolute Gasteiger partial charge is 0.341 e. The SMILES string of the molecule is CCC(CC)(CN)C(=O)N1CCCN(C(=O)Cc2cccc(F)c2)CC1. The second kappa shape index (κ2) is 9.12. The summed E-state index contributed by atoms with van der Waals surface area (Å²) in [7, 11) is 0. The minimum atomic E-state index is -0.499. The molecule has 144 valence electrons. The molecule has 0 aliphatic carbocycles. The molecule has 0 radical (unpaired) electrons. The minimum absolute atomic E-state index is 0.0269. The third-order valence-corrected chi connectivity index (χ3v) is 5.58. The van der Waals surface area contributed by atoms with E-state index < -0.39 is 5.41 Å². The van der Waals surface area contributed by atoms with Gasteiger partial charge >= 0.3 is 0 Å². The number of hydrogen-bond donors (Lipinski definition) is 1. The zero-order valence-electron chi connectivity index (χ0n) is 15.8. The maximum atomic E-state index is 13.3. The van der Waals surface area contributed by atoms with Crippen molar-refractivity contribution in [1.82, 2.24) is 9.80 Å². The first-order chi connectivity index (χ1) is 12.5. The van der Waals surface area contributed by atoms with Gasteiger partial charge in [0.2, 0.25) is 11.8 Å². The van der Waals surface area contributed by atoms with Crippen LogP contribution in [0.1, 0.15) is 38.7 Å². The van der Waals surface area contributed by atoms with E-state index in [-0.39, 0.29) is 24.1 Å². The van der Waals surface area contributed by atoms with E-state index in [1.807, 2.05) is 18.7 Å². The molecule has 1 fully saturated rings. The third kappa shape index (κ3) is 4.61. The zero-order chi connectivity index (χ0) is 19.2. The first-order valence-electron chi connectivity index (χ1n) is 9.47. The van der Waals surface area contributed by atoms with Crippen LogP contribution < -0.4 is 5.73 Å². The number of nitrogens with zero attached hydrogens (tertiary/aromatic N) is 2. The number of hydrogen-bond acceptors (Lipinski definition) is 3. The Hall–Kier alpha value is -1.95. The van der Waals surface area contributed by atoms with Crippen molar-refractivity contribution in [1.29, 1.82) is 0 Å². The molecule has 1 aliphatic rings. The lowest BCUT2D eigenvalue weighted by molar-refractivity contribution is -0.142. The minimum Gasteiger partial charge on any atom is -0.341 e. The van der Waals surface area contributed by atoms with Crippen molar-refractivity contribution in [3.63, 3.8) is 0 Å². The maximum absolute atomic E-state index is 13.3. The summed E-state index contributed by atoms with van der Waals surface area (Å²) >= 11 is 0. The van der Waals surface area contributed by atoms with Crippen molar-refractivity contribution in [2.24, 2.45) is 11.1 Å². The fraction of sp³-hybridized carbons (Fsp3) is 0.600. The average Bonchev–Trinajstić information content (AvgIpc) is 2.90. The fourth-order valence-corrected chi connectivity index (χ4v) is 3.57. The highest BCUT2D eigenvalue weighted by Crippen LogP contribution is 2.28. The second-order valence-corrected chi connectivity index (χ2v) is 7.02. The Kier molecular flexibility index (Phi) is 7.14. The number of carbonyl (C=O) groups is 2. The standard InChI is InChI=1S/C20H30FN3O2/c1-3-20(4-2,15-22)19(26)24-10-6-9-23(11-12-24)18(25)14-16-7-5-8-17(21)13-16/h5,7-8,13H,3-4,6,9-12,14-15,22H2,1-2H3.